The molecule has 0 radical (unpaired) electrons. The molecule has 0 aromatic heterocycles. The summed E-state index contributed by atoms with van der Waals surface area (Å²) in [6.45, 7) is 4.41. The van der Waals surface area contributed by atoms with Gasteiger partial charge in [-0.1, -0.05) is 69.0 Å². The summed E-state index contributed by atoms with van der Waals surface area (Å²) < 4.78 is 0. The molecular weight excluding hydrogens is 246 g/mol. The van der Waals surface area contributed by atoms with E-state index >= 15 is 0 Å². The molecule has 1 aliphatic carbocycles. The molecule has 0 heterocycles. The average Bonchev–Trinajstić information content (AvgIpc) is 2.52. The van der Waals surface area contributed by atoms with Gasteiger partial charge in [0, 0.05) is 6.42 Å². The van der Waals surface area contributed by atoms with Crippen molar-refractivity contribution >= 4 is 5.91 Å². The molecule has 1 fully saturated rings. The van der Waals surface area contributed by atoms with Crippen molar-refractivity contribution in [2.24, 2.45) is 5.92 Å². The van der Waals surface area contributed by atoms with Gasteiger partial charge in [0.2, 0.25) is 5.91 Å². The van der Waals surface area contributed by atoms with Gasteiger partial charge in [-0.25, -0.2) is 0 Å². The van der Waals surface area contributed by atoms with E-state index in [0.717, 1.165) is 17.9 Å². The third kappa shape index (κ3) is 4.52. The van der Waals surface area contributed by atoms with E-state index in [2.05, 4.69) is 6.58 Å². The van der Waals surface area contributed by atoms with Crippen LogP contribution in [-0.4, -0.2) is 10.8 Å². The molecule has 2 nitrogen and oxygen atoms in total. The van der Waals surface area contributed by atoms with E-state index in [1.807, 2.05) is 30.3 Å². The summed E-state index contributed by atoms with van der Waals surface area (Å²) in [6, 6.07) is 10.1. The third-order valence-electron chi connectivity index (χ3n) is 4.23. The summed E-state index contributed by atoms with van der Waals surface area (Å²) >= 11 is 0. The average molecular weight is 271 g/mol. The van der Waals surface area contributed by atoms with Crippen molar-refractivity contribution in [3.63, 3.8) is 0 Å². The molecule has 0 atom stereocenters. The minimum Gasteiger partial charge on any atom is -0.315 e. The Morgan fingerprint density at radius 3 is 2.55 bits per heavy atom. The van der Waals surface area contributed by atoms with Crippen molar-refractivity contribution in [1.29, 1.82) is 0 Å². The number of hydrogen-bond acceptors (Lipinski definition) is 1. The van der Waals surface area contributed by atoms with E-state index in [1.54, 1.807) is 11.1 Å². The third-order valence-corrected chi connectivity index (χ3v) is 4.23. The Morgan fingerprint density at radius 1 is 1.20 bits per heavy atom. The van der Waals surface area contributed by atoms with Gasteiger partial charge in [-0.05, 0) is 24.1 Å². The number of amides is 1. The SMILES string of the molecule is C=CN(Cc1ccccc1)C(=O)CCC1CCCCC1. The number of carbonyl (C=O) groups excluding carboxylic acids is 1. The predicted octanol–water partition coefficient (Wildman–Crippen LogP) is 4.52. The van der Waals surface area contributed by atoms with Crippen LogP contribution >= 0.6 is 0 Å². The fraction of sp³-hybridized carbons (Fsp3) is 0.500. The highest BCUT2D eigenvalue weighted by Gasteiger charge is 2.17. The Hall–Kier alpha value is -1.57. The Labute approximate surface area is 122 Å². The van der Waals surface area contributed by atoms with Crippen LogP contribution in [0, 0.1) is 5.92 Å². The molecule has 0 N–H and O–H groups in total. The van der Waals surface area contributed by atoms with Crippen LogP contribution < -0.4 is 0 Å². The van der Waals surface area contributed by atoms with Crippen molar-refractivity contribution in [1.82, 2.24) is 4.90 Å². The van der Waals surface area contributed by atoms with Gasteiger partial charge in [0.1, 0.15) is 0 Å². The second kappa shape index (κ2) is 7.88. The molecule has 108 valence electrons. The maximum absolute atomic E-state index is 12.3. The fourth-order valence-electron chi connectivity index (χ4n) is 2.98. The maximum Gasteiger partial charge on any atom is 0.226 e. The second-order valence-electron chi connectivity index (χ2n) is 5.73. The molecule has 2 rings (SSSR count). The molecule has 0 spiro atoms. The monoisotopic (exact) mass is 271 g/mol. The minimum absolute atomic E-state index is 0.203. The van der Waals surface area contributed by atoms with E-state index in [0.29, 0.717) is 13.0 Å². The first-order valence-electron chi connectivity index (χ1n) is 7.75. The molecule has 20 heavy (non-hydrogen) atoms. The smallest absolute Gasteiger partial charge is 0.226 e. The zero-order valence-electron chi connectivity index (χ0n) is 12.3. The van der Waals surface area contributed by atoms with Crippen LogP contribution in [0.15, 0.2) is 43.1 Å². The van der Waals surface area contributed by atoms with E-state index in [9.17, 15) is 4.79 Å². The molecule has 0 saturated heterocycles. The normalized spacial score (nSPS) is 15.8. The van der Waals surface area contributed by atoms with Gasteiger partial charge >= 0.3 is 0 Å². The molecule has 1 aliphatic rings. The number of rotatable bonds is 6. The van der Waals surface area contributed by atoms with Crippen molar-refractivity contribution in [2.75, 3.05) is 0 Å². The first-order chi connectivity index (χ1) is 9.79. The molecule has 1 saturated carbocycles. The molecule has 0 unspecified atom stereocenters. The lowest BCUT2D eigenvalue weighted by Crippen LogP contribution is -2.25. The highest BCUT2D eigenvalue weighted by Crippen LogP contribution is 2.27. The van der Waals surface area contributed by atoms with Crippen LogP contribution in [0.25, 0.3) is 0 Å². The fourth-order valence-corrected chi connectivity index (χ4v) is 2.98. The first-order valence-corrected chi connectivity index (χ1v) is 7.75. The lowest BCUT2D eigenvalue weighted by Gasteiger charge is -2.23. The van der Waals surface area contributed by atoms with Gasteiger partial charge in [-0.3, -0.25) is 4.79 Å². The molecule has 0 bridgehead atoms. The van der Waals surface area contributed by atoms with Gasteiger partial charge < -0.3 is 4.90 Å². The van der Waals surface area contributed by atoms with Crippen LogP contribution in [0.2, 0.25) is 0 Å². The van der Waals surface area contributed by atoms with Gasteiger partial charge in [-0.2, -0.15) is 0 Å². The van der Waals surface area contributed by atoms with Gasteiger partial charge in [-0.15, -0.1) is 0 Å². The summed E-state index contributed by atoms with van der Waals surface area (Å²) in [4.78, 5) is 14.0. The van der Waals surface area contributed by atoms with E-state index in [4.69, 9.17) is 0 Å². The molecule has 0 aliphatic heterocycles. The van der Waals surface area contributed by atoms with Gasteiger partial charge in [0.15, 0.2) is 0 Å². The second-order valence-corrected chi connectivity index (χ2v) is 5.73. The zero-order chi connectivity index (χ0) is 14.2. The van der Waals surface area contributed by atoms with Crippen molar-refractivity contribution in [3.8, 4) is 0 Å². The minimum atomic E-state index is 0.203. The van der Waals surface area contributed by atoms with Crippen LogP contribution in [0.3, 0.4) is 0 Å². The lowest BCUT2D eigenvalue weighted by molar-refractivity contribution is -0.129. The predicted molar refractivity (Wildman–Crippen MR) is 83.0 cm³/mol. The summed E-state index contributed by atoms with van der Waals surface area (Å²) in [5.74, 6) is 0.963. The van der Waals surface area contributed by atoms with Gasteiger partial charge in [0.05, 0.1) is 6.54 Å². The van der Waals surface area contributed by atoms with Gasteiger partial charge in [0.25, 0.3) is 0 Å². The Balaban J connectivity index is 1.81. The zero-order valence-corrected chi connectivity index (χ0v) is 12.3. The largest absolute Gasteiger partial charge is 0.315 e. The summed E-state index contributed by atoms with van der Waals surface area (Å²) in [5.41, 5.74) is 1.15. The molecular formula is C18H25NO. The van der Waals surface area contributed by atoms with Crippen molar-refractivity contribution in [3.05, 3.63) is 48.7 Å². The number of nitrogens with zero attached hydrogens (tertiary/aromatic N) is 1. The van der Waals surface area contributed by atoms with Crippen molar-refractivity contribution in [2.45, 2.75) is 51.5 Å². The highest BCUT2D eigenvalue weighted by molar-refractivity contribution is 5.77. The molecule has 2 heteroatoms. The quantitative estimate of drug-likeness (QED) is 0.745. The van der Waals surface area contributed by atoms with Crippen molar-refractivity contribution < 1.29 is 4.79 Å². The molecule has 1 amide bonds. The number of carbonyl (C=O) groups is 1. The number of benzene rings is 1. The summed E-state index contributed by atoms with van der Waals surface area (Å²) in [5, 5.41) is 0. The molecule has 1 aromatic carbocycles. The van der Waals surface area contributed by atoms with E-state index in [-0.39, 0.29) is 5.91 Å². The van der Waals surface area contributed by atoms with Crippen LogP contribution in [-0.2, 0) is 11.3 Å². The van der Waals surface area contributed by atoms with E-state index < -0.39 is 0 Å². The topological polar surface area (TPSA) is 20.3 Å². The Kier molecular flexibility index (Phi) is 5.85. The molecule has 1 aromatic rings. The summed E-state index contributed by atoms with van der Waals surface area (Å²) in [7, 11) is 0. The summed E-state index contributed by atoms with van der Waals surface area (Å²) in [6.07, 6.45) is 10.0. The Bertz CT molecular complexity index is 420. The van der Waals surface area contributed by atoms with Crippen LogP contribution in [0.4, 0.5) is 0 Å². The van der Waals surface area contributed by atoms with E-state index in [1.165, 1.54) is 32.1 Å². The van der Waals surface area contributed by atoms with Crippen LogP contribution in [0.1, 0.15) is 50.5 Å². The number of hydrogen-bond donors (Lipinski definition) is 0. The first kappa shape index (κ1) is 14.8. The standard InChI is InChI=1S/C18H25NO/c1-2-19(15-17-11-7-4-8-12-17)18(20)14-13-16-9-5-3-6-10-16/h2,4,7-8,11-12,16H,1,3,5-6,9-10,13-15H2. The highest BCUT2D eigenvalue weighted by atomic mass is 16.2. The maximum atomic E-state index is 12.3. The lowest BCUT2D eigenvalue weighted by atomic mass is 9.86. The Morgan fingerprint density at radius 2 is 1.90 bits per heavy atom. The van der Waals surface area contributed by atoms with Crippen LogP contribution in [0.5, 0.6) is 0 Å².